The van der Waals surface area contributed by atoms with Crippen LogP contribution in [0.1, 0.15) is 26.3 Å². The summed E-state index contributed by atoms with van der Waals surface area (Å²) in [6.07, 6.45) is 0. The predicted octanol–water partition coefficient (Wildman–Crippen LogP) is 0.735. The molecule has 0 bridgehead atoms. The van der Waals surface area contributed by atoms with Crippen molar-refractivity contribution in [2.75, 3.05) is 5.32 Å². The lowest BCUT2D eigenvalue weighted by atomic mass is 10.1. The zero-order valence-electron chi connectivity index (χ0n) is 9.74. The Morgan fingerprint density at radius 2 is 2.25 bits per heavy atom. The van der Waals surface area contributed by atoms with Gasteiger partial charge in [0.1, 0.15) is 5.82 Å². The molecule has 3 N–H and O–H groups in total. The fourth-order valence-corrected chi connectivity index (χ4v) is 2.00. The summed E-state index contributed by atoms with van der Waals surface area (Å²) in [5.41, 5.74) is 7.70. The number of nitrogens with two attached hydrogens (primary N) is 1. The molecule has 1 aliphatic heterocycles. The van der Waals surface area contributed by atoms with Crippen LogP contribution in [0.25, 0.3) is 0 Å². The van der Waals surface area contributed by atoms with Crippen molar-refractivity contribution < 1.29 is 0 Å². The third-order valence-electron chi connectivity index (χ3n) is 2.66. The van der Waals surface area contributed by atoms with Crippen LogP contribution in [0.4, 0.5) is 5.82 Å². The molecule has 0 spiro atoms. The topological polar surface area (TPSA) is 72.4 Å². The summed E-state index contributed by atoms with van der Waals surface area (Å²) in [4.78, 5) is 16.0. The molecule has 2 heterocycles. The Morgan fingerprint density at radius 1 is 1.56 bits per heavy atom. The minimum absolute atomic E-state index is 0.0285. The first kappa shape index (κ1) is 10.9. The molecule has 86 valence electrons. The van der Waals surface area contributed by atoms with Gasteiger partial charge in [-0.3, -0.25) is 15.1 Å². The zero-order chi connectivity index (χ0) is 11.9. The Hall–Kier alpha value is -1.62. The Labute approximate surface area is 94.0 Å². The molecule has 1 unspecified atom stereocenters. The molecule has 0 saturated carbocycles. The molecule has 5 nitrogen and oxygen atoms in total. The molecule has 0 aromatic carbocycles. The second-order valence-electron chi connectivity index (χ2n) is 4.15. The largest absolute Gasteiger partial charge is 0.335 e. The van der Waals surface area contributed by atoms with Gasteiger partial charge in [-0.1, -0.05) is 0 Å². The number of nitrogens with one attached hydrogen (secondary N) is 1. The van der Waals surface area contributed by atoms with E-state index in [-0.39, 0.29) is 5.56 Å². The highest BCUT2D eigenvalue weighted by molar-refractivity contribution is 6.04. The van der Waals surface area contributed by atoms with Crippen LogP contribution in [0.3, 0.4) is 0 Å². The molecule has 0 amide bonds. The van der Waals surface area contributed by atoms with Crippen LogP contribution in [0, 0.1) is 0 Å². The van der Waals surface area contributed by atoms with Crippen molar-refractivity contribution in [1.82, 2.24) is 4.57 Å². The molecular formula is C11H16N4O. The molecule has 1 atom stereocenters. The van der Waals surface area contributed by atoms with Crippen LogP contribution in [-0.4, -0.2) is 16.1 Å². The van der Waals surface area contributed by atoms with Crippen molar-refractivity contribution in [1.29, 1.82) is 0 Å². The van der Waals surface area contributed by atoms with Crippen molar-refractivity contribution >= 4 is 11.5 Å². The zero-order valence-corrected chi connectivity index (χ0v) is 9.74. The third kappa shape index (κ3) is 1.63. The molecular weight excluding hydrogens is 204 g/mol. The van der Waals surface area contributed by atoms with E-state index >= 15 is 0 Å². The van der Waals surface area contributed by atoms with Crippen molar-refractivity contribution in [3.8, 4) is 0 Å². The summed E-state index contributed by atoms with van der Waals surface area (Å²) < 4.78 is 1.67. The average molecular weight is 220 g/mol. The first-order valence-corrected chi connectivity index (χ1v) is 5.32. The van der Waals surface area contributed by atoms with Crippen LogP contribution < -0.4 is 16.6 Å². The fraction of sp³-hybridized carbons (Fsp3) is 0.455. The van der Waals surface area contributed by atoms with Gasteiger partial charge >= 0.3 is 0 Å². The SMILES string of the molecule is CCn1c2c(ccc1=O)C(C)=NC(C)(N)N2. The number of nitrogens with zero attached hydrogens (tertiary/aromatic N) is 2. The Kier molecular flexibility index (Phi) is 2.35. The van der Waals surface area contributed by atoms with E-state index in [1.165, 1.54) is 0 Å². The predicted molar refractivity (Wildman–Crippen MR) is 64.8 cm³/mol. The maximum Gasteiger partial charge on any atom is 0.252 e. The van der Waals surface area contributed by atoms with E-state index in [4.69, 9.17) is 5.73 Å². The van der Waals surface area contributed by atoms with Crippen molar-refractivity contribution in [3.63, 3.8) is 0 Å². The fourth-order valence-electron chi connectivity index (χ4n) is 2.00. The summed E-state index contributed by atoms with van der Waals surface area (Å²) in [6, 6.07) is 3.34. The quantitative estimate of drug-likeness (QED) is 0.733. The normalized spacial score (nSPS) is 23.4. The molecule has 0 aliphatic carbocycles. The van der Waals surface area contributed by atoms with Crippen LogP contribution in [0.15, 0.2) is 21.9 Å². The van der Waals surface area contributed by atoms with E-state index in [1.54, 1.807) is 23.6 Å². The van der Waals surface area contributed by atoms with Crippen molar-refractivity contribution in [2.45, 2.75) is 33.1 Å². The van der Waals surface area contributed by atoms with E-state index in [1.807, 2.05) is 13.8 Å². The van der Waals surface area contributed by atoms with Crippen molar-refractivity contribution in [2.24, 2.45) is 10.7 Å². The van der Waals surface area contributed by atoms with Gasteiger partial charge < -0.3 is 5.32 Å². The number of anilines is 1. The summed E-state index contributed by atoms with van der Waals surface area (Å²) in [7, 11) is 0. The third-order valence-corrected chi connectivity index (χ3v) is 2.66. The van der Waals surface area contributed by atoms with Gasteiger partial charge in [0, 0.05) is 23.9 Å². The smallest absolute Gasteiger partial charge is 0.252 e. The highest BCUT2D eigenvalue weighted by Crippen LogP contribution is 2.23. The molecule has 0 radical (unpaired) electrons. The maximum atomic E-state index is 11.7. The first-order chi connectivity index (χ1) is 7.44. The number of pyridine rings is 1. The molecule has 5 heteroatoms. The summed E-state index contributed by atoms with van der Waals surface area (Å²) in [6.45, 7) is 6.21. The van der Waals surface area contributed by atoms with Gasteiger partial charge in [0.15, 0.2) is 5.79 Å². The number of hydrogen-bond acceptors (Lipinski definition) is 4. The van der Waals surface area contributed by atoms with E-state index in [0.717, 1.165) is 17.1 Å². The summed E-state index contributed by atoms with van der Waals surface area (Å²) in [5, 5.41) is 3.08. The van der Waals surface area contributed by atoms with Gasteiger partial charge in [-0.25, -0.2) is 4.99 Å². The highest BCUT2D eigenvalue weighted by Gasteiger charge is 2.26. The molecule has 2 rings (SSSR count). The van der Waals surface area contributed by atoms with Crippen LogP contribution >= 0.6 is 0 Å². The highest BCUT2D eigenvalue weighted by atomic mass is 16.1. The molecule has 1 aromatic heterocycles. The average Bonchev–Trinajstić information content (AvgIpc) is 2.15. The van der Waals surface area contributed by atoms with E-state index in [0.29, 0.717) is 6.54 Å². The van der Waals surface area contributed by atoms with Gasteiger partial charge in [-0.15, -0.1) is 0 Å². The lowest BCUT2D eigenvalue weighted by molar-refractivity contribution is 0.547. The van der Waals surface area contributed by atoms with Gasteiger partial charge in [-0.2, -0.15) is 0 Å². The Balaban J connectivity index is 2.70. The van der Waals surface area contributed by atoms with Crippen LogP contribution in [-0.2, 0) is 6.54 Å². The van der Waals surface area contributed by atoms with Crippen LogP contribution in [0.5, 0.6) is 0 Å². The van der Waals surface area contributed by atoms with E-state index < -0.39 is 5.79 Å². The standard InChI is InChI=1S/C11H16N4O/c1-4-15-9(16)6-5-8-7(2)13-11(3,12)14-10(8)15/h5-6,14H,4,12H2,1-3H3. The van der Waals surface area contributed by atoms with Gasteiger partial charge in [0.2, 0.25) is 0 Å². The number of hydrogen-bond donors (Lipinski definition) is 2. The summed E-state index contributed by atoms with van der Waals surface area (Å²) >= 11 is 0. The minimum atomic E-state index is -0.845. The lowest BCUT2D eigenvalue weighted by Gasteiger charge is -2.31. The second kappa shape index (κ2) is 3.45. The Bertz CT molecular complexity index is 513. The second-order valence-corrected chi connectivity index (χ2v) is 4.15. The number of fused-ring (bicyclic) bond motifs is 1. The molecule has 1 aromatic rings. The van der Waals surface area contributed by atoms with Crippen molar-refractivity contribution in [3.05, 3.63) is 28.0 Å². The van der Waals surface area contributed by atoms with E-state index in [2.05, 4.69) is 10.3 Å². The number of aromatic nitrogens is 1. The van der Waals surface area contributed by atoms with Gasteiger partial charge in [0.25, 0.3) is 5.56 Å². The van der Waals surface area contributed by atoms with Gasteiger partial charge in [-0.05, 0) is 26.8 Å². The van der Waals surface area contributed by atoms with Gasteiger partial charge in [0.05, 0.1) is 0 Å². The minimum Gasteiger partial charge on any atom is -0.335 e. The Morgan fingerprint density at radius 3 is 2.88 bits per heavy atom. The van der Waals surface area contributed by atoms with E-state index in [9.17, 15) is 4.79 Å². The number of aliphatic imine (C=N–C) groups is 1. The molecule has 0 saturated heterocycles. The molecule has 1 aliphatic rings. The first-order valence-electron chi connectivity index (χ1n) is 5.32. The molecule has 0 fully saturated rings. The maximum absolute atomic E-state index is 11.7. The molecule has 16 heavy (non-hydrogen) atoms. The monoisotopic (exact) mass is 220 g/mol. The lowest BCUT2D eigenvalue weighted by Crippen LogP contribution is -2.47. The van der Waals surface area contributed by atoms with Crippen LogP contribution in [0.2, 0.25) is 0 Å². The summed E-state index contributed by atoms with van der Waals surface area (Å²) in [5.74, 6) is -0.0885. The number of rotatable bonds is 1.